The summed E-state index contributed by atoms with van der Waals surface area (Å²) in [5, 5.41) is 2.81. The number of benzene rings is 4. The molecule has 0 radical (unpaired) electrons. The number of carbonyl (C=O) groups is 1. The van der Waals surface area contributed by atoms with Crippen molar-refractivity contribution in [3.8, 4) is 5.75 Å². The molecule has 0 saturated carbocycles. The molecule has 0 unspecified atom stereocenters. The van der Waals surface area contributed by atoms with Crippen LogP contribution in [0.2, 0.25) is 0 Å². The van der Waals surface area contributed by atoms with E-state index in [4.69, 9.17) is 9.72 Å². The summed E-state index contributed by atoms with van der Waals surface area (Å²) in [4.78, 5) is 20.4. The normalized spacial score (nSPS) is 11.1. The van der Waals surface area contributed by atoms with Crippen molar-refractivity contribution in [1.29, 1.82) is 0 Å². The molecule has 0 aliphatic heterocycles. The van der Waals surface area contributed by atoms with Gasteiger partial charge in [-0.2, -0.15) is 0 Å². The third-order valence-electron chi connectivity index (χ3n) is 5.57. The zero-order valence-electron chi connectivity index (χ0n) is 17.9. The Hall–Kier alpha value is -3.70. The van der Waals surface area contributed by atoms with Crippen LogP contribution in [0.5, 0.6) is 5.75 Å². The summed E-state index contributed by atoms with van der Waals surface area (Å²) < 4.78 is 6.56. The summed E-state index contributed by atoms with van der Waals surface area (Å²) in [7, 11) is 1.64. The predicted molar refractivity (Wildman–Crippen MR) is 132 cm³/mol. The maximum absolute atomic E-state index is 13.8. The molecule has 5 aromatic rings. The van der Waals surface area contributed by atoms with Crippen LogP contribution in [-0.4, -0.2) is 18.0 Å². The van der Waals surface area contributed by atoms with Gasteiger partial charge in [-0.05, 0) is 47.0 Å². The second kappa shape index (κ2) is 8.44. The van der Waals surface area contributed by atoms with Crippen molar-refractivity contribution >= 4 is 43.4 Å². The lowest BCUT2D eigenvalue weighted by molar-refractivity contribution is 0.0985. The number of thiazole rings is 1. The lowest BCUT2D eigenvalue weighted by Gasteiger charge is -2.20. The van der Waals surface area contributed by atoms with E-state index in [1.807, 2.05) is 84.9 Å². The molecule has 1 aromatic heterocycles. The molecule has 0 spiro atoms. The van der Waals surface area contributed by atoms with Crippen LogP contribution in [0.25, 0.3) is 21.0 Å². The number of ether oxygens (including phenoxy) is 1. The molecule has 0 saturated heterocycles. The van der Waals surface area contributed by atoms with E-state index in [-0.39, 0.29) is 5.91 Å². The van der Waals surface area contributed by atoms with Crippen LogP contribution >= 0.6 is 11.3 Å². The van der Waals surface area contributed by atoms with Gasteiger partial charge in [0.2, 0.25) is 0 Å². The van der Waals surface area contributed by atoms with Crippen LogP contribution in [0.3, 0.4) is 0 Å². The molecular formula is C27H22N2O2S. The van der Waals surface area contributed by atoms with Gasteiger partial charge in [-0.1, -0.05) is 78.1 Å². The Morgan fingerprint density at radius 2 is 1.69 bits per heavy atom. The van der Waals surface area contributed by atoms with E-state index < -0.39 is 0 Å². The molecule has 5 heteroatoms. The maximum atomic E-state index is 13.8. The minimum Gasteiger partial charge on any atom is -0.494 e. The van der Waals surface area contributed by atoms with Gasteiger partial charge in [-0.15, -0.1) is 0 Å². The van der Waals surface area contributed by atoms with E-state index in [9.17, 15) is 4.79 Å². The number of hydrogen-bond acceptors (Lipinski definition) is 4. The fourth-order valence-corrected chi connectivity index (χ4v) is 4.90. The highest BCUT2D eigenvalue weighted by molar-refractivity contribution is 7.22. The number of anilines is 1. The zero-order valence-corrected chi connectivity index (χ0v) is 18.7. The second-order valence-electron chi connectivity index (χ2n) is 7.70. The zero-order chi connectivity index (χ0) is 22.1. The standard InChI is InChI=1S/C27H22N2O2S/c1-18-12-15-23(31-2)24-25(18)32-27(28-24)29(17-19-8-4-3-5-9-19)26(30)22-14-13-20-10-6-7-11-21(20)16-22/h3-16H,17H2,1-2H3. The van der Waals surface area contributed by atoms with E-state index in [1.165, 1.54) is 11.3 Å². The van der Waals surface area contributed by atoms with Gasteiger partial charge in [0.25, 0.3) is 5.91 Å². The SMILES string of the molecule is COc1ccc(C)c2sc(N(Cc3ccccc3)C(=O)c3ccc4ccccc4c3)nc12. The average molecular weight is 439 g/mol. The molecule has 0 N–H and O–H groups in total. The summed E-state index contributed by atoms with van der Waals surface area (Å²) in [6.07, 6.45) is 0. The van der Waals surface area contributed by atoms with Gasteiger partial charge in [0.05, 0.1) is 18.4 Å². The molecule has 1 amide bonds. The Morgan fingerprint density at radius 3 is 2.47 bits per heavy atom. The van der Waals surface area contributed by atoms with E-state index in [0.29, 0.717) is 23.0 Å². The van der Waals surface area contributed by atoms with Crippen molar-refractivity contribution in [1.82, 2.24) is 4.98 Å². The highest BCUT2D eigenvalue weighted by Gasteiger charge is 2.23. The molecular weight excluding hydrogens is 416 g/mol. The van der Waals surface area contributed by atoms with Crippen LogP contribution in [0.15, 0.2) is 84.9 Å². The van der Waals surface area contributed by atoms with Gasteiger partial charge in [-0.3, -0.25) is 9.69 Å². The third-order valence-corrected chi connectivity index (χ3v) is 6.78. The number of amides is 1. The first-order valence-electron chi connectivity index (χ1n) is 10.4. The van der Waals surface area contributed by atoms with Crippen LogP contribution in [-0.2, 0) is 6.54 Å². The maximum Gasteiger partial charge on any atom is 0.260 e. The quantitative estimate of drug-likeness (QED) is 0.310. The van der Waals surface area contributed by atoms with Gasteiger partial charge in [0, 0.05) is 5.56 Å². The van der Waals surface area contributed by atoms with Crippen molar-refractivity contribution in [2.24, 2.45) is 0 Å². The Morgan fingerprint density at radius 1 is 0.938 bits per heavy atom. The molecule has 1 heterocycles. The Kier molecular flexibility index (Phi) is 5.33. The molecule has 0 aliphatic rings. The van der Waals surface area contributed by atoms with Crippen LogP contribution in [0, 0.1) is 6.92 Å². The number of aromatic nitrogens is 1. The summed E-state index contributed by atoms with van der Waals surface area (Å²) in [5.74, 6) is 0.640. The highest BCUT2D eigenvalue weighted by atomic mass is 32.1. The number of methoxy groups -OCH3 is 1. The van der Waals surface area contributed by atoms with E-state index in [2.05, 4.69) is 6.92 Å². The first-order valence-corrected chi connectivity index (χ1v) is 11.2. The number of aryl methyl sites for hydroxylation is 1. The number of fused-ring (bicyclic) bond motifs is 2. The van der Waals surface area contributed by atoms with E-state index in [1.54, 1.807) is 12.0 Å². The second-order valence-corrected chi connectivity index (χ2v) is 8.68. The Balaban J connectivity index is 1.62. The van der Waals surface area contributed by atoms with Crippen LogP contribution in [0.1, 0.15) is 21.5 Å². The topological polar surface area (TPSA) is 42.4 Å². The van der Waals surface area contributed by atoms with Gasteiger partial charge < -0.3 is 4.74 Å². The van der Waals surface area contributed by atoms with Crippen LogP contribution < -0.4 is 9.64 Å². The lowest BCUT2D eigenvalue weighted by atomic mass is 10.1. The van der Waals surface area contributed by atoms with E-state index >= 15 is 0 Å². The summed E-state index contributed by atoms with van der Waals surface area (Å²) in [6, 6.07) is 27.9. The number of rotatable bonds is 5. The molecule has 0 atom stereocenters. The lowest BCUT2D eigenvalue weighted by Crippen LogP contribution is -2.30. The molecule has 4 nitrogen and oxygen atoms in total. The molecule has 0 bridgehead atoms. The smallest absolute Gasteiger partial charge is 0.260 e. The van der Waals surface area contributed by atoms with Gasteiger partial charge in [0.1, 0.15) is 11.3 Å². The number of hydrogen-bond donors (Lipinski definition) is 0. The monoisotopic (exact) mass is 438 g/mol. The van der Waals surface area contributed by atoms with Crippen molar-refractivity contribution < 1.29 is 9.53 Å². The van der Waals surface area contributed by atoms with E-state index in [0.717, 1.165) is 32.1 Å². The first kappa shape index (κ1) is 20.2. The summed E-state index contributed by atoms with van der Waals surface area (Å²) in [5.41, 5.74) is 3.59. The Bertz CT molecular complexity index is 1430. The third kappa shape index (κ3) is 3.72. The van der Waals surface area contributed by atoms with Gasteiger partial charge in [-0.25, -0.2) is 4.98 Å². The average Bonchev–Trinajstić information content (AvgIpc) is 3.29. The first-order chi connectivity index (χ1) is 15.6. The van der Waals surface area contributed by atoms with Crippen molar-refractivity contribution in [3.63, 3.8) is 0 Å². The number of carbonyl (C=O) groups excluding carboxylic acids is 1. The predicted octanol–water partition coefficient (Wildman–Crippen LogP) is 6.61. The minimum atomic E-state index is -0.0738. The van der Waals surface area contributed by atoms with Crippen LogP contribution in [0.4, 0.5) is 5.13 Å². The van der Waals surface area contributed by atoms with Crippen molar-refractivity contribution in [2.45, 2.75) is 13.5 Å². The summed E-state index contributed by atoms with van der Waals surface area (Å²) >= 11 is 1.52. The fraction of sp³-hybridized carbons (Fsp3) is 0.111. The summed E-state index contributed by atoms with van der Waals surface area (Å²) in [6.45, 7) is 2.49. The van der Waals surface area contributed by atoms with Gasteiger partial charge >= 0.3 is 0 Å². The number of nitrogens with zero attached hydrogens (tertiary/aromatic N) is 2. The van der Waals surface area contributed by atoms with Crippen molar-refractivity contribution in [3.05, 3.63) is 102 Å². The molecule has 32 heavy (non-hydrogen) atoms. The minimum absolute atomic E-state index is 0.0738. The van der Waals surface area contributed by atoms with Crippen molar-refractivity contribution in [2.75, 3.05) is 12.0 Å². The fourth-order valence-electron chi connectivity index (χ4n) is 3.85. The molecule has 5 rings (SSSR count). The Labute approximate surface area is 190 Å². The highest BCUT2D eigenvalue weighted by Crippen LogP contribution is 2.37. The molecule has 4 aromatic carbocycles. The van der Waals surface area contributed by atoms with Gasteiger partial charge in [0.15, 0.2) is 5.13 Å². The molecule has 158 valence electrons. The largest absolute Gasteiger partial charge is 0.494 e. The molecule has 0 fully saturated rings. The molecule has 0 aliphatic carbocycles.